The molecule has 1 amide bonds. The van der Waals surface area contributed by atoms with Crippen molar-refractivity contribution in [3.63, 3.8) is 0 Å². The second-order valence-electron chi connectivity index (χ2n) is 4.95. The first-order chi connectivity index (χ1) is 9.65. The van der Waals surface area contributed by atoms with Gasteiger partial charge in [-0.2, -0.15) is 0 Å². The Bertz CT molecular complexity index is 593. The van der Waals surface area contributed by atoms with Gasteiger partial charge in [0.05, 0.1) is 0 Å². The summed E-state index contributed by atoms with van der Waals surface area (Å²) in [6.07, 6.45) is 1.19. The lowest BCUT2D eigenvalue weighted by atomic mass is 10.1. The van der Waals surface area contributed by atoms with E-state index < -0.39 is 0 Å². The number of nitrogens with one attached hydrogen (secondary N) is 1. The summed E-state index contributed by atoms with van der Waals surface area (Å²) in [6, 6.07) is 15.7. The maximum Gasteiger partial charge on any atom is 0.220 e. The molecule has 0 fully saturated rings. The minimum Gasteiger partial charge on any atom is -0.399 e. The molecule has 2 rings (SSSR count). The standard InChI is InChI=1S/C17H20N2O/c1-13-5-2-3-7-15(13)12-19-17(20)10-9-14-6-4-8-16(18)11-14/h2-8,11H,9-10,12,18H2,1H3,(H,19,20). The van der Waals surface area contributed by atoms with Crippen LogP contribution < -0.4 is 11.1 Å². The minimum atomic E-state index is 0.0654. The molecule has 3 nitrogen and oxygen atoms in total. The van der Waals surface area contributed by atoms with Gasteiger partial charge in [-0.25, -0.2) is 0 Å². The largest absolute Gasteiger partial charge is 0.399 e. The fourth-order valence-electron chi connectivity index (χ4n) is 2.10. The number of anilines is 1. The Morgan fingerprint density at radius 2 is 1.95 bits per heavy atom. The van der Waals surface area contributed by atoms with Crippen LogP contribution >= 0.6 is 0 Å². The summed E-state index contributed by atoms with van der Waals surface area (Å²) in [5, 5.41) is 2.95. The first-order valence-corrected chi connectivity index (χ1v) is 6.81. The molecule has 0 radical (unpaired) electrons. The molecule has 0 atom stereocenters. The summed E-state index contributed by atoms with van der Waals surface area (Å²) in [4.78, 5) is 11.8. The van der Waals surface area contributed by atoms with Gasteiger partial charge < -0.3 is 11.1 Å². The number of aryl methyl sites for hydroxylation is 2. The van der Waals surface area contributed by atoms with Crippen molar-refractivity contribution in [2.45, 2.75) is 26.3 Å². The van der Waals surface area contributed by atoms with Crippen LogP contribution in [0.5, 0.6) is 0 Å². The molecule has 0 heterocycles. The highest BCUT2D eigenvalue weighted by Gasteiger charge is 2.03. The molecule has 3 heteroatoms. The number of hydrogen-bond acceptors (Lipinski definition) is 2. The van der Waals surface area contributed by atoms with Gasteiger partial charge in [0.25, 0.3) is 0 Å². The van der Waals surface area contributed by atoms with Crippen LogP contribution in [0, 0.1) is 6.92 Å². The van der Waals surface area contributed by atoms with Crippen LogP contribution in [0.3, 0.4) is 0 Å². The number of benzene rings is 2. The van der Waals surface area contributed by atoms with Crippen LogP contribution in [0.1, 0.15) is 23.1 Å². The van der Waals surface area contributed by atoms with E-state index in [1.807, 2.05) is 55.5 Å². The molecule has 0 aliphatic heterocycles. The fourth-order valence-corrected chi connectivity index (χ4v) is 2.10. The Morgan fingerprint density at radius 3 is 2.70 bits per heavy atom. The normalized spacial score (nSPS) is 10.2. The van der Waals surface area contributed by atoms with Crippen LogP contribution in [0.15, 0.2) is 48.5 Å². The Labute approximate surface area is 119 Å². The van der Waals surface area contributed by atoms with Crippen molar-refractivity contribution in [1.82, 2.24) is 5.32 Å². The number of carbonyl (C=O) groups excluding carboxylic acids is 1. The topological polar surface area (TPSA) is 55.1 Å². The molecule has 20 heavy (non-hydrogen) atoms. The quantitative estimate of drug-likeness (QED) is 0.819. The van der Waals surface area contributed by atoms with E-state index in [1.54, 1.807) is 0 Å². The number of rotatable bonds is 5. The molecule has 104 valence electrons. The lowest BCUT2D eigenvalue weighted by Crippen LogP contribution is -2.23. The molecule has 3 N–H and O–H groups in total. The summed E-state index contributed by atoms with van der Waals surface area (Å²) < 4.78 is 0. The van der Waals surface area contributed by atoms with Crippen LogP contribution in [0.2, 0.25) is 0 Å². The average Bonchev–Trinajstić information content (AvgIpc) is 2.44. The number of amides is 1. The van der Waals surface area contributed by atoms with Gasteiger partial charge in [0, 0.05) is 18.7 Å². The van der Waals surface area contributed by atoms with Gasteiger partial charge in [-0.3, -0.25) is 4.79 Å². The SMILES string of the molecule is Cc1ccccc1CNC(=O)CCc1cccc(N)c1. The zero-order valence-electron chi connectivity index (χ0n) is 11.7. The second-order valence-corrected chi connectivity index (χ2v) is 4.95. The molecule has 0 aromatic heterocycles. The molecule has 2 aromatic carbocycles. The zero-order chi connectivity index (χ0) is 14.4. The Kier molecular flexibility index (Phi) is 4.77. The van der Waals surface area contributed by atoms with Crippen molar-refractivity contribution in [1.29, 1.82) is 0 Å². The van der Waals surface area contributed by atoms with E-state index in [4.69, 9.17) is 5.73 Å². The van der Waals surface area contributed by atoms with Gasteiger partial charge >= 0.3 is 0 Å². The summed E-state index contributed by atoms with van der Waals surface area (Å²) in [7, 11) is 0. The molecule has 0 bridgehead atoms. The average molecular weight is 268 g/mol. The maximum atomic E-state index is 11.8. The maximum absolute atomic E-state index is 11.8. The van der Waals surface area contributed by atoms with Crippen molar-refractivity contribution in [2.75, 3.05) is 5.73 Å². The number of hydrogen-bond donors (Lipinski definition) is 2. The van der Waals surface area contributed by atoms with Crippen molar-refractivity contribution < 1.29 is 4.79 Å². The van der Waals surface area contributed by atoms with Gasteiger partial charge in [-0.05, 0) is 42.2 Å². The van der Waals surface area contributed by atoms with Crippen LogP contribution in [-0.2, 0) is 17.8 Å². The lowest BCUT2D eigenvalue weighted by molar-refractivity contribution is -0.121. The fraction of sp³-hybridized carbons (Fsp3) is 0.235. The minimum absolute atomic E-state index is 0.0654. The first kappa shape index (κ1) is 14.1. The highest BCUT2D eigenvalue weighted by Crippen LogP contribution is 2.09. The predicted molar refractivity (Wildman–Crippen MR) is 82.2 cm³/mol. The van der Waals surface area contributed by atoms with E-state index in [-0.39, 0.29) is 5.91 Å². The molecular formula is C17H20N2O. The predicted octanol–water partition coefficient (Wildman–Crippen LogP) is 2.83. The third-order valence-corrected chi connectivity index (χ3v) is 3.33. The molecule has 0 aliphatic rings. The Balaban J connectivity index is 1.80. The summed E-state index contributed by atoms with van der Waals surface area (Å²) in [6.45, 7) is 2.64. The molecule has 0 aliphatic carbocycles. The van der Waals surface area contributed by atoms with Gasteiger partial charge in [0.15, 0.2) is 0 Å². The van der Waals surface area contributed by atoms with Crippen LogP contribution in [-0.4, -0.2) is 5.91 Å². The zero-order valence-corrected chi connectivity index (χ0v) is 11.7. The number of carbonyl (C=O) groups is 1. The smallest absolute Gasteiger partial charge is 0.220 e. The molecule has 0 saturated heterocycles. The van der Waals surface area contributed by atoms with Gasteiger partial charge in [0.2, 0.25) is 5.91 Å². The van der Waals surface area contributed by atoms with Crippen LogP contribution in [0.4, 0.5) is 5.69 Å². The van der Waals surface area contributed by atoms with E-state index in [2.05, 4.69) is 5.32 Å². The molecule has 2 aromatic rings. The Hall–Kier alpha value is -2.29. The number of nitrogen functional groups attached to an aromatic ring is 1. The lowest BCUT2D eigenvalue weighted by Gasteiger charge is -2.08. The second kappa shape index (κ2) is 6.75. The third kappa shape index (κ3) is 4.12. The van der Waals surface area contributed by atoms with E-state index in [0.717, 1.165) is 16.8 Å². The highest BCUT2D eigenvalue weighted by molar-refractivity contribution is 5.76. The van der Waals surface area contributed by atoms with Crippen LogP contribution in [0.25, 0.3) is 0 Å². The van der Waals surface area contributed by atoms with E-state index in [9.17, 15) is 4.79 Å². The van der Waals surface area contributed by atoms with E-state index >= 15 is 0 Å². The molecular weight excluding hydrogens is 248 g/mol. The van der Waals surface area contributed by atoms with Crippen molar-refractivity contribution >= 4 is 11.6 Å². The monoisotopic (exact) mass is 268 g/mol. The van der Waals surface area contributed by atoms with Crippen molar-refractivity contribution in [2.24, 2.45) is 0 Å². The summed E-state index contributed by atoms with van der Waals surface area (Å²) >= 11 is 0. The highest BCUT2D eigenvalue weighted by atomic mass is 16.1. The molecule has 0 saturated carbocycles. The van der Waals surface area contributed by atoms with Crippen molar-refractivity contribution in [3.8, 4) is 0 Å². The Morgan fingerprint density at radius 1 is 1.15 bits per heavy atom. The van der Waals surface area contributed by atoms with Gasteiger partial charge in [-0.15, -0.1) is 0 Å². The van der Waals surface area contributed by atoms with Gasteiger partial charge in [-0.1, -0.05) is 36.4 Å². The third-order valence-electron chi connectivity index (χ3n) is 3.33. The van der Waals surface area contributed by atoms with E-state index in [0.29, 0.717) is 19.4 Å². The first-order valence-electron chi connectivity index (χ1n) is 6.81. The number of nitrogens with two attached hydrogens (primary N) is 1. The molecule has 0 unspecified atom stereocenters. The summed E-state index contributed by atoms with van der Waals surface area (Å²) in [5.74, 6) is 0.0654. The summed E-state index contributed by atoms with van der Waals surface area (Å²) in [5.41, 5.74) is 9.90. The van der Waals surface area contributed by atoms with Gasteiger partial charge in [0.1, 0.15) is 0 Å². The van der Waals surface area contributed by atoms with Crippen molar-refractivity contribution in [3.05, 3.63) is 65.2 Å². The molecule has 0 spiro atoms. The van der Waals surface area contributed by atoms with E-state index in [1.165, 1.54) is 5.56 Å².